The third-order valence-corrected chi connectivity index (χ3v) is 2.23. The second kappa shape index (κ2) is 5.77. The van der Waals surface area contributed by atoms with Crippen LogP contribution in [0.1, 0.15) is 22.3 Å². The summed E-state index contributed by atoms with van der Waals surface area (Å²) in [6.45, 7) is 1.87. The zero-order chi connectivity index (χ0) is 13.7. The molecule has 5 heteroatoms. The average Bonchev–Trinajstić information content (AvgIpc) is 2.29. The van der Waals surface area contributed by atoms with Crippen molar-refractivity contribution in [3.05, 3.63) is 47.2 Å². The molecule has 0 fully saturated rings. The fourth-order valence-corrected chi connectivity index (χ4v) is 1.27. The Morgan fingerprint density at radius 3 is 2.17 bits per heavy atom. The lowest BCUT2D eigenvalue weighted by atomic mass is 10.0. The number of carbonyl (C=O) groups is 3. The van der Waals surface area contributed by atoms with Crippen molar-refractivity contribution in [2.45, 2.75) is 13.3 Å². The Bertz CT molecular complexity index is 511. The smallest absolute Gasteiger partial charge is 0.371 e. The highest BCUT2D eigenvalue weighted by Crippen LogP contribution is 2.07. The number of aliphatic carboxylic acids is 1. The number of hydrogen-bond donors (Lipinski definition) is 2. The fraction of sp³-hybridized carbons (Fsp3) is 0.154. The van der Waals surface area contributed by atoms with Crippen molar-refractivity contribution >= 4 is 17.5 Å². The SMILES string of the molecule is Cc1ccc(C(=O)CC(=O)/C=C(\O)C(=O)O)cc1. The van der Waals surface area contributed by atoms with Gasteiger partial charge in [0.1, 0.15) is 0 Å². The Hall–Kier alpha value is -2.43. The standard InChI is InChI=1S/C13H12O5/c1-8-2-4-9(5-3-8)11(15)6-10(14)7-12(16)13(17)18/h2-5,7,16H,6H2,1H3,(H,17,18)/b12-7-. The van der Waals surface area contributed by atoms with Gasteiger partial charge >= 0.3 is 5.97 Å². The van der Waals surface area contributed by atoms with E-state index in [4.69, 9.17) is 10.2 Å². The largest absolute Gasteiger partial charge is 0.502 e. The monoisotopic (exact) mass is 248 g/mol. The second-order valence-electron chi connectivity index (χ2n) is 3.77. The van der Waals surface area contributed by atoms with E-state index >= 15 is 0 Å². The molecule has 0 heterocycles. The number of aliphatic hydroxyl groups is 1. The molecule has 0 aromatic heterocycles. The summed E-state index contributed by atoms with van der Waals surface area (Å²) < 4.78 is 0. The number of hydrogen-bond acceptors (Lipinski definition) is 4. The summed E-state index contributed by atoms with van der Waals surface area (Å²) in [5, 5.41) is 17.2. The Morgan fingerprint density at radius 2 is 1.67 bits per heavy atom. The van der Waals surface area contributed by atoms with E-state index in [0.717, 1.165) is 5.56 Å². The van der Waals surface area contributed by atoms with Gasteiger partial charge in [-0.1, -0.05) is 29.8 Å². The van der Waals surface area contributed by atoms with Crippen molar-refractivity contribution < 1.29 is 24.6 Å². The molecule has 0 saturated carbocycles. The highest BCUT2D eigenvalue weighted by atomic mass is 16.4. The predicted octanol–water partition coefficient (Wildman–Crippen LogP) is 1.66. The summed E-state index contributed by atoms with van der Waals surface area (Å²) in [5.41, 5.74) is 1.36. The minimum atomic E-state index is -1.61. The molecule has 0 spiro atoms. The van der Waals surface area contributed by atoms with Crippen molar-refractivity contribution in [2.24, 2.45) is 0 Å². The summed E-state index contributed by atoms with van der Waals surface area (Å²) >= 11 is 0. The molecule has 1 rings (SSSR count). The third-order valence-electron chi connectivity index (χ3n) is 2.23. The van der Waals surface area contributed by atoms with Gasteiger partial charge in [-0.25, -0.2) is 4.79 Å². The molecule has 5 nitrogen and oxygen atoms in total. The molecule has 0 aliphatic carbocycles. The van der Waals surface area contributed by atoms with Crippen LogP contribution < -0.4 is 0 Å². The van der Waals surface area contributed by atoms with Gasteiger partial charge in [0.15, 0.2) is 11.6 Å². The molecule has 0 aliphatic rings. The first-order valence-electron chi connectivity index (χ1n) is 5.17. The average molecular weight is 248 g/mol. The van der Waals surface area contributed by atoms with E-state index in [0.29, 0.717) is 11.6 Å². The van der Waals surface area contributed by atoms with Gasteiger partial charge in [0, 0.05) is 11.6 Å². The summed E-state index contributed by atoms with van der Waals surface area (Å²) in [6.07, 6.45) is 0.0643. The molecule has 1 aromatic carbocycles. The highest BCUT2D eigenvalue weighted by Gasteiger charge is 2.13. The molecule has 0 amide bonds. The molecule has 0 unspecified atom stereocenters. The summed E-state index contributed by atoms with van der Waals surface area (Å²) in [6, 6.07) is 6.65. The fourth-order valence-electron chi connectivity index (χ4n) is 1.27. The van der Waals surface area contributed by atoms with E-state index in [9.17, 15) is 14.4 Å². The number of carboxylic acid groups (broad SMARTS) is 1. The third kappa shape index (κ3) is 3.86. The van der Waals surface area contributed by atoms with E-state index in [1.807, 2.05) is 6.92 Å². The number of aliphatic hydroxyl groups excluding tert-OH is 1. The van der Waals surface area contributed by atoms with E-state index in [2.05, 4.69) is 0 Å². The molecule has 94 valence electrons. The first-order chi connectivity index (χ1) is 8.40. The van der Waals surface area contributed by atoms with Gasteiger partial charge in [0.05, 0.1) is 6.42 Å². The number of Topliss-reactive ketones (excluding diaryl/α,β-unsaturated/α-hetero) is 1. The maximum Gasteiger partial charge on any atom is 0.371 e. The second-order valence-corrected chi connectivity index (χ2v) is 3.77. The molecule has 0 saturated heterocycles. The number of carbonyl (C=O) groups excluding carboxylic acids is 2. The first kappa shape index (κ1) is 13.6. The molecule has 2 N–H and O–H groups in total. The van der Waals surface area contributed by atoms with Crippen LogP contribution in [0.25, 0.3) is 0 Å². The van der Waals surface area contributed by atoms with Crippen molar-refractivity contribution in [1.29, 1.82) is 0 Å². The lowest BCUT2D eigenvalue weighted by Gasteiger charge is -1.99. The van der Waals surface area contributed by atoms with Gasteiger partial charge in [0.2, 0.25) is 5.76 Å². The maximum atomic E-state index is 11.6. The van der Waals surface area contributed by atoms with Crippen LogP contribution in [0.15, 0.2) is 36.1 Å². The topological polar surface area (TPSA) is 91.7 Å². The molecule has 18 heavy (non-hydrogen) atoms. The van der Waals surface area contributed by atoms with Crippen molar-refractivity contribution in [3.8, 4) is 0 Å². The van der Waals surface area contributed by atoms with Crippen molar-refractivity contribution in [3.63, 3.8) is 0 Å². The van der Waals surface area contributed by atoms with Gasteiger partial charge in [-0.05, 0) is 6.92 Å². The molecule has 0 aliphatic heterocycles. The van der Waals surface area contributed by atoms with Gasteiger partial charge < -0.3 is 10.2 Å². The molecule has 0 radical (unpaired) electrons. The van der Waals surface area contributed by atoms with E-state index in [-0.39, 0.29) is 0 Å². The lowest BCUT2D eigenvalue weighted by molar-refractivity contribution is -0.135. The molecule has 0 atom stereocenters. The van der Waals surface area contributed by atoms with Crippen LogP contribution in [-0.2, 0) is 9.59 Å². The van der Waals surface area contributed by atoms with Crippen LogP contribution in [0.5, 0.6) is 0 Å². The lowest BCUT2D eigenvalue weighted by Crippen LogP contribution is -2.09. The molecular formula is C13H12O5. The number of aryl methyl sites for hydroxylation is 1. The Morgan fingerprint density at radius 1 is 1.11 bits per heavy atom. The van der Waals surface area contributed by atoms with Gasteiger partial charge in [-0.3, -0.25) is 9.59 Å². The van der Waals surface area contributed by atoms with Gasteiger partial charge in [-0.15, -0.1) is 0 Å². The zero-order valence-electron chi connectivity index (χ0n) is 9.71. The zero-order valence-corrected chi connectivity index (χ0v) is 9.71. The van der Waals surface area contributed by atoms with Crippen LogP contribution in [0.4, 0.5) is 0 Å². The molecule has 1 aromatic rings. The van der Waals surface area contributed by atoms with Crippen LogP contribution in [0.3, 0.4) is 0 Å². The summed E-state index contributed by atoms with van der Waals surface area (Å²) in [5.74, 6) is -3.85. The Balaban J connectivity index is 2.71. The van der Waals surface area contributed by atoms with Crippen LogP contribution >= 0.6 is 0 Å². The van der Waals surface area contributed by atoms with Crippen LogP contribution in [0.2, 0.25) is 0 Å². The first-order valence-corrected chi connectivity index (χ1v) is 5.17. The quantitative estimate of drug-likeness (QED) is 0.358. The Labute approximate surface area is 103 Å². The number of carboxylic acids is 1. The number of benzene rings is 1. The molecule has 0 bridgehead atoms. The minimum Gasteiger partial charge on any atom is -0.502 e. The minimum absolute atomic E-state index is 0.372. The van der Waals surface area contributed by atoms with Gasteiger partial charge in [0.25, 0.3) is 0 Å². The summed E-state index contributed by atoms with van der Waals surface area (Å²) in [7, 11) is 0. The number of ketones is 2. The number of rotatable bonds is 5. The van der Waals surface area contributed by atoms with Crippen LogP contribution in [-0.4, -0.2) is 27.7 Å². The van der Waals surface area contributed by atoms with Crippen molar-refractivity contribution in [2.75, 3.05) is 0 Å². The Kier molecular flexibility index (Phi) is 4.37. The normalized spacial score (nSPS) is 11.1. The van der Waals surface area contributed by atoms with Gasteiger partial charge in [-0.2, -0.15) is 0 Å². The number of allylic oxidation sites excluding steroid dienone is 1. The highest BCUT2D eigenvalue weighted by molar-refractivity contribution is 6.12. The predicted molar refractivity (Wildman–Crippen MR) is 63.5 cm³/mol. The maximum absolute atomic E-state index is 11.6. The van der Waals surface area contributed by atoms with E-state index in [1.54, 1.807) is 24.3 Å². The molecular weight excluding hydrogens is 236 g/mol. The van der Waals surface area contributed by atoms with Crippen molar-refractivity contribution in [1.82, 2.24) is 0 Å². The van der Waals surface area contributed by atoms with E-state index in [1.165, 1.54) is 0 Å². The van der Waals surface area contributed by atoms with E-state index < -0.39 is 29.7 Å². The summed E-state index contributed by atoms with van der Waals surface area (Å²) in [4.78, 5) is 33.2. The van der Waals surface area contributed by atoms with Crippen LogP contribution in [0, 0.1) is 6.92 Å².